The average Bonchev–Trinajstić information content (AvgIpc) is 3.14. The first-order valence-electron chi connectivity index (χ1n) is 7.36. The van der Waals surface area contributed by atoms with Crippen LogP contribution >= 0.6 is 0 Å². The van der Waals surface area contributed by atoms with E-state index in [1.807, 2.05) is 18.2 Å². The van der Waals surface area contributed by atoms with E-state index in [-0.39, 0.29) is 0 Å². The molecule has 5 heteroatoms. The van der Waals surface area contributed by atoms with E-state index in [4.69, 9.17) is 5.73 Å². The largest absolute Gasteiger partial charge is 0.399 e. The van der Waals surface area contributed by atoms with Gasteiger partial charge in [0, 0.05) is 11.3 Å². The number of tetrazole rings is 1. The molecule has 0 amide bonds. The van der Waals surface area contributed by atoms with Crippen molar-refractivity contribution in [2.75, 3.05) is 5.73 Å². The Morgan fingerprint density at radius 1 is 1.25 bits per heavy atom. The minimum Gasteiger partial charge on any atom is -0.399 e. The van der Waals surface area contributed by atoms with Crippen molar-refractivity contribution in [1.82, 2.24) is 20.2 Å². The molecule has 20 heavy (non-hydrogen) atoms. The van der Waals surface area contributed by atoms with Crippen molar-refractivity contribution < 1.29 is 0 Å². The highest BCUT2D eigenvalue weighted by atomic mass is 15.6. The SMILES string of the molecule is Cc1cc(N)ccc1-c1nnnn1C1CC2CCC1C2. The summed E-state index contributed by atoms with van der Waals surface area (Å²) >= 11 is 0. The molecule has 0 radical (unpaired) electrons. The summed E-state index contributed by atoms with van der Waals surface area (Å²) in [5.74, 6) is 2.53. The van der Waals surface area contributed by atoms with Gasteiger partial charge in [-0.1, -0.05) is 6.42 Å². The van der Waals surface area contributed by atoms with Gasteiger partial charge in [-0.2, -0.15) is 0 Å². The second-order valence-electron chi connectivity index (χ2n) is 6.26. The summed E-state index contributed by atoms with van der Waals surface area (Å²) in [6.07, 6.45) is 5.30. The van der Waals surface area contributed by atoms with Crippen LogP contribution in [-0.2, 0) is 0 Å². The molecule has 2 aliphatic carbocycles. The molecule has 4 rings (SSSR count). The lowest BCUT2D eigenvalue weighted by Crippen LogP contribution is -2.18. The predicted molar refractivity (Wildman–Crippen MR) is 76.9 cm³/mol. The van der Waals surface area contributed by atoms with Gasteiger partial charge >= 0.3 is 0 Å². The van der Waals surface area contributed by atoms with Crippen LogP contribution in [-0.4, -0.2) is 20.2 Å². The lowest BCUT2D eigenvalue weighted by Gasteiger charge is -2.22. The van der Waals surface area contributed by atoms with Crippen molar-refractivity contribution in [2.24, 2.45) is 11.8 Å². The summed E-state index contributed by atoms with van der Waals surface area (Å²) in [5, 5.41) is 12.5. The number of rotatable bonds is 2. The van der Waals surface area contributed by atoms with Gasteiger partial charge in [-0.3, -0.25) is 0 Å². The third-order valence-corrected chi connectivity index (χ3v) is 5.00. The van der Waals surface area contributed by atoms with E-state index in [0.717, 1.165) is 34.5 Å². The first-order valence-corrected chi connectivity index (χ1v) is 7.36. The van der Waals surface area contributed by atoms with Crippen LogP contribution in [0.3, 0.4) is 0 Å². The fourth-order valence-electron chi connectivity index (χ4n) is 4.04. The van der Waals surface area contributed by atoms with E-state index in [9.17, 15) is 0 Å². The van der Waals surface area contributed by atoms with Gasteiger partial charge in [0.25, 0.3) is 0 Å². The number of nitrogen functional groups attached to an aromatic ring is 1. The molecule has 104 valence electrons. The maximum absolute atomic E-state index is 5.83. The Labute approximate surface area is 118 Å². The fourth-order valence-corrected chi connectivity index (χ4v) is 4.04. The van der Waals surface area contributed by atoms with Crippen LogP contribution in [0.4, 0.5) is 5.69 Å². The molecule has 2 saturated carbocycles. The Hall–Kier alpha value is -1.91. The van der Waals surface area contributed by atoms with Crippen molar-refractivity contribution in [3.05, 3.63) is 23.8 Å². The lowest BCUT2D eigenvalue weighted by atomic mass is 9.95. The van der Waals surface area contributed by atoms with Crippen molar-refractivity contribution in [3.8, 4) is 11.4 Å². The molecule has 2 N–H and O–H groups in total. The summed E-state index contributed by atoms with van der Waals surface area (Å²) in [7, 11) is 0. The summed E-state index contributed by atoms with van der Waals surface area (Å²) in [6.45, 7) is 2.06. The van der Waals surface area contributed by atoms with Gasteiger partial charge in [0.1, 0.15) is 0 Å². The normalized spacial score (nSPS) is 28.1. The number of benzene rings is 1. The number of hydrogen-bond acceptors (Lipinski definition) is 4. The maximum Gasteiger partial charge on any atom is 0.182 e. The standard InChI is InChI=1S/C15H19N5/c1-9-6-12(16)4-5-13(9)15-17-18-19-20(15)14-8-10-2-3-11(14)7-10/h4-6,10-11,14H,2-3,7-8,16H2,1H3. The Kier molecular flexibility index (Phi) is 2.55. The predicted octanol–water partition coefficient (Wildman–Crippen LogP) is 2.59. The number of aryl methyl sites for hydroxylation is 1. The summed E-state index contributed by atoms with van der Waals surface area (Å²) < 4.78 is 2.06. The van der Waals surface area contributed by atoms with Gasteiger partial charge in [0.05, 0.1) is 6.04 Å². The van der Waals surface area contributed by atoms with E-state index in [0.29, 0.717) is 6.04 Å². The maximum atomic E-state index is 5.83. The quantitative estimate of drug-likeness (QED) is 0.851. The summed E-state index contributed by atoms with van der Waals surface area (Å²) in [6, 6.07) is 6.41. The third-order valence-electron chi connectivity index (χ3n) is 5.00. The lowest BCUT2D eigenvalue weighted by molar-refractivity contribution is 0.304. The molecule has 5 nitrogen and oxygen atoms in total. The highest BCUT2D eigenvalue weighted by Gasteiger charge is 2.42. The molecule has 2 aliphatic rings. The molecule has 2 fully saturated rings. The zero-order valence-corrected chi connectivity index (χ0v) is 11.7. The Balaban J connectivity index is 1.75. The second kappa shape index (κ2) is 4.30. The molecule has 2 bridgehead atoms. The van der Waals surface area contributed by atoms with Gasteiger partial charge in [0.2, 0.25) is 0 Å². The minimum atomic E-state index is 0.482. The number of aromatic nitrogens is 4. The van der Waals surface area contributed by atoms with E-state index in [1.54, 1.807) is 0 Å². The van der Waals surface area contributed by atoms with Gasteiger partial charge in [-0.15, -0.1) is 5.10 Å². The highest BCUT2D eigenvalue weighted by Crippen LogP contribution is 2.51. The first kappa shape index (κ1) is 11.9. The zero-order chi connectivity index (χ0) is 13.7. The van der Waals surface area contributed by atoms with Crippen LogP contribution in [0.15, 0.2) is 18.2 Å². The summed E-state index contributed by atoms with van der Waals surface area (Å²) in [5.41, 5.74) is 8.83. The molecular weight excluding hydrogens is 250 g/mol. The first-order chi connectivity index (χ1) is 9.72. The molecule has 3 unspecified atom stereocenters. The molecule has 1 heterocycles. The molecule has 3 atom stereocenters. The Morgan fingerprint density at radius 2 is 2.15 bits per heavy atom. The average molecular weight is 269 g/mol. The van der Waals surface area contributed by atoms with Gasteiger partial charge in [0.15, 0.2) is 5.82 Å². The molecule has 0 aliphatic heterocycles. The molecule has 1 aromatic heterocycles. The third kappa shape index (κ3) is 1.72. The number of anilines is 1. The number of hydrogen-bond donors (Lipinski definition) is 1. The van der Waals surface area contributed by atoms with Crippen molar-refractivity contribution >= 4 is 5.69 Å². The second-order valence-corrected chi connectivity index (χ2v) is 6.26. The van der Waals surface area contributed by atoms with E-state index in [1.165, 1.54) is 25.7 Å². The van der Waals surface area contributed by atoms with Gasteiger partial charge in [-0.05, 0) is 72.2 Å². The number of fused-ring (bicyclic) bond motifs is 2. The monoisotopic (exact) mass is 269 g/mol. The highest BCUT2D eigenvalue weighted by molar-refractivity contribution is 5.63. The molecular formula is C15H19N5. The van der Waals surface area contributed by atoms with Crippen LogP contribution in [0.2, 0.25) is 0 Å². The van der Waals surface area contributed by atoms with E-state index in [2.05, 4.69) is 27.1 Å². The van der Waals surface area contributed by atoms with Gasteiger partial charge in [-0.25, -0.2) is 4.68 Å². The van der Waals surface area contributed by atoms with Crippen LogP contribution in [0.5, 0.6) is 0 Å². The smallest absolute Gasteiger partial charge is 0.182 e. The fraction of sp³-hybridized carbons (Fsp3) is 0.533. The van der Waals surface area contributed by atoms with Gasteiger partial charge < -0.3 is 5.73 Å². The van der Waals surface area contributed by atoms with E-state index < -0.39 is 0 Å². The molecule has 0 spiro atoms. The van der Waals surface area contributed by atoms with Crippen LogP contribution < -0.4 is 5.73 Å². The Bertz CT molecular complexity index is 647. The van der Waals surface area contributed by atoms with Crippen molar-refractivity contribution in [1.29, 1.82) is 0 Å². The van der Waals surface area contributed by atoms with Crippen molar-refractivity contribution in [2.45, 2.75) is 38.6 Å². The Morgan fingerprint density at radius 3 is 2.85 bits per heavy atom. The molecule has 2 aromatic rings. The van der Waals surface area contributed by atoms with Crippen LogP contribution in [0, 0.1) is 18.8 Å². The number of nitrogens with two attached hydrogens (primary N) is 1. The van der Waals surface area contributed by atoms with Crippen LogP contribution in [0.25, 0.3) is 11.4 Å². The van der Waals surface area contributed by atoms with Crippen molar-refractivity contribution in [3.63, 3.8) is 0 Å². The topological polar surface area (TPSA) is 69.6 Å². The molecule has 0 saturated heterocycles. The van der Waals surface area contributed by atoms with Crippen LogP contribution in [0.1, 0.15) is 37.3 Å². The van der Waals surface area contributed by atoms with E-state index >= 15 is 0 Å². The minimum absolute atomic E-state index is 0.482. The molecule has 1 aromatic carbocycles. The zero-order valence-electron chi connectivity index (χ0n) is 11.7. The summed E-state index contributed by atoms with van der Waals surface area (Å²) in [4.78, 5) is 0. The number of nitrogens with zero attached hydrogens (tertiary/aromatic N) is 4.